The van der Waals surface area contributed by atoms with E-state index in [-0.39, 0.29) is 5.56 Å². The van der Waals surface area contributed by atoms with E-state index >= 15 is 0 Å². The highest BCUT2D eigenvalue weighted by Gasteiger charge is 2.48. The van der Waals surface area contributed by atoms with Crippen molar-refractivity contribution in [2.75, 3.05) is 18.5 Å². The van der Waals surface area contributed by atoms with Crippen molar-refractivity contribution in [2.45, 2.75) is 39.2 Å². The molecular weight excluding hydrogens is 376 g/mol. The van der Waals surface area contributed by atoms with Crippen molar-refractivity contribution in [3.63, 3.8) is 0 Å². The van der Waals surface area contributed by atoms with Gasteiger partial charge >= 0.3 is 12.0 Å². The highest BCUT2D eigenvalue weighted by Crippen LogP contribution is 2.24. The van der Waals surface area contributed by atoms with Gasteiger partial charge in [0.25, 0.3) is 11.8 Å². The normalized spacial score (nSPS) is 18.4. The van der Waals surface area contributed by atoms with Gasteiger partial charge in [0, 0.05) is 0 Å². The zero-order valence-corrected chi connectivity index (χ0v) is 16.7. The molecule has 1 aromatic carbocycles. The molecule has 0 radical (unpaired) electrons. The molecule has 1 aliphatic rings. The third kappa shape index (κ3) is 5.54. The van der Waals surface area contributed by atoms with Crippen molar-refractivity contribution in [3.8, 4) is 6.07 Å². The van der Waals surface area contributed by atoms with Crippen LogP contribution in [0.15, 0.2) is 24.3 Å². The molecule has 1 aliphatic heterocycles. The molecule has 0 saturated carbocycles. The predicted octanol–water partition coefficient (Wildman–Crippen LogP) is 1.79. The van der Waals surface area contributed by atoms with Gasteiger partial charge in [-0.2, -0.15) is 5.26 Å². The molecule has 154 valence electrons. The summed E-state index contributed by atoms with van der Waals surface area (Å²) >= 11 is 0. The molecular formula is C20H24N4O5. The lowest BCUT2D eigenvalue weighted by Gasteiger charge is -2.22. The van der Waals surface area contributed by atoms with Gasteiger partial charge in [0.2, 0.25) is 0 Å². The maximum atomic E-state index is 12.6. The quantitative estimate of drug-likeness (QED) is 0.506. The Hall–Kier alpha value is -3.41. The number of ether oxygens (including phenoxy) is 1. The van der Waals surface area contributed by atoms with Crippen molar-refractivity contribution in [1.82, 2.24) is 10.2 Å². The highest BCUT2D eigenvalue weighted by molar-refractivity contribution is 6.08. The van der Waals surface area contributed by atoms with Gasteiger partial charge < -0.3 is 15.4 Å². The summed E-state index contributed by atoms with van der Waals surface area (Å²) in [7, 11) is 0. The second kappa shape index (κ2) is 9.19. The number of hydrogen-bond donors (Lipinski definition) is 2. The summed E-state index contributed by atoms with van der Waals surface area (Å²) in [4.78, 5) is 49.4. The largest absolute Gasteiger partial charge is 0.454 e. The molecule has 0 spiro atoms. The molecule has 0 bridgehead atoms. The van der Waals surface area contributed by atoms with Crippen molar-refractivity contribution in [3.05, 3.63) is 29.8 Å². The molecule has 1 saturated heterocycles. The van der Waals surface area contributed by atoms with E-state index in [2.05, 4.69) is 10.6 Å². The van der Waals surface area contributed by atoms with Crippen LogP contribution in [0.2, 0.25) is 0 Å². The van der Waals surface area contributed by atoms with Gasteiger partial charge in [0.15, 0.2) is 6.61 Å². The van der Waals surface area contributed by atoms with Crippen LogP contribution in [-0.2, 0) is 19.1 Å². The maximum absolute atomic E-state index is 12.6. The minimum Gasteiger partial charge on any atom is -0.454 e. The third-order valence-electron chi connectivity index (χ3n) is 4.54. The van der Waals surface area contributed by atoms with E-state index in [0.717, 1.165) is 11.3 Å². The molecule has 0 aliphatic carbocycles. The Morgan fingerprint density at radius 2 is 2.00 bits per heavy atom. The number of para-hydroxylation sites is 1. The fourth-order valence-corrected chi connectivity index (χ4v) is 2.83. The Morgan fingerprint density at radius 1 is 1.31 bits per heavy atom. The Morgan fingerprint density at radius 3 is 2.66 bits per heavy atom. The van der Waals surface area contributed by atoms with Crippen LogP contribution in [0.3, 0.4) is 0 Å². The molecule has 29 heavy (non-hydrogen) atoms. The summed E-state index contributed by atoms with van der Waals surface area (Å²) in [5.41, 5.74) is -0.488. The first-order valence-electron chi connectivity index (χ1n) is 9.25. The Bertz CT molecular complexity index is 861. The number of rotatable bonds is 8. The average molecular weight is 400 g/mol. The molecule has 1 fully saturated rings. The van der Waals surface area contributed by atoms with Gasteiger partial charge in [-0.25, -0.2) is 4.79 Å². The van der Waals surface area contributed by atoms with Crippen LogP contribution in [0.5, 0.6) is 0 Å². The number of imide groups is 1. The van der Waals surface area contributed by atoms with E-state index in [1.54, 1.807) is 25.1 Å². The lowest BCUT2D eigenvalue weighted by atomic mass is 9.92. The molecule has 0 unspecified atom stereocenters. The summed E-state index contributed by atoms with van der Waals surface area (Å²) in [6, 6.07) is 7.66. The number of nitrogens with one attached hydrogen (secondary N) is 2. The van der Waals surface area contributed by atoms with E-state index < -0.39 is 42.5 Å². The molecule has 1 heterocycles. The Kier molecular flexibility index (Phi) is 6.93. The zero-order chi connectivity index (χ0) is 21.6. The fourth-order valence-electron chi connectivity index (χ4n) is 2.83. The summed E-state index contributed by atoms with van der Waals surface area (Å²) in [6.45, 7) is 4.47. The summed E-state index contributed by atoms with van der Waals surface area (Å²) in [6.07, 6.45) is 1.20. The number of carbonyl (C=O) groups excluding carboxylic acids is 4. The second-order valence-electron chi connectivity index (χ2n) is 7.45. The van der Waals surface area contributed by atoms with Crippen LogP contribution in [-0.4, -0.2) is 47.4 Å². The number of urea groups is 1. The number of esters is 1. The van der Waals surface area contributed by atoms with Crippen molar-refractivity contribution in [1.29, 1.82) is 5.26 Å². The standard InChI is InChI=1S/C20H24N4O5/c1-13(2)8-9-20(3)18(27)24(19(28)23-20)11-17(26)29-12-16(25)22-15-7-5-4-6-14(15)10-21/h4-7,13H,8-9,11-12H2,1-3H3,(H,22,25)(H,23,28)/t20-/m1/s1. The second-order valence-corrected chi connectivity index (χ2v) is 7.45. The Balaban J connectivity index is 1.87. The average Bonchev–Trinajstić information content (AvgIpc) is 2.89. The minimum atomic E-state index is -1.06. The molecule has 1 atom stereocenters. The third-order valence-corrected chi connectivity index (χ3v) is 4.54. The smallest absolute Gasteiger partial charge is 0.326 e. The van der Waals surface area contributed by atoms with Gasteiger partial charge in [0.1, 0.15) is 18.2 Å². The fraction of sp³-hybridized carbons (Fsp3) is 0.450. The molecule has 1 aromatic rings. The van der Waals surface area contributed by atoms with Gasteiger partial charge in [-0.15, -0.1) is 0 Å². The van der Waals surface area contributed by atoms with E-state index in [0.29, 0.717) is 18.0 Å². The highest BCUT2D eigenvalue weighted by atomic mass is 16.5. The first-order chi connectivity index (χ1) is 13.7. The summed E-state index contributed by atoms with van der Waals surface area (Å²) in [5, 5.41) is 14.1. The number of benzene rings is 1. The SMILES string of the molecule is CC(C)CC[C@@]1(C)NC(=O)N(CC(=O)OCC(=O)Nc2ccccc2C#N)C1=O. The first kappa shape index (κ1) is 21.9. The number of carbonyl (C=O) groups is 4. The predicted molar refractivity (Wildman–Crippen MR) is 103 cm³/mol. The summed E-state index contributed by atoms with van der Waals surface area (Å²) in [5.74, 6) is -1.65. The van der Waals surface area contributed by atoms with Gasteiger partial charge in [-0.3, -0.25) is 19.3 Å². The topological polar surface area (TPSA) is 129 Å². The van der Waals surface area contributed by atoms with E-state index in [1.165, 1.54) is 6.07 Å². The van der Waals surface area contributed by atoms with E-state index in [1.807, 2.05) is 19.9 Å². The van der Waals surface area contributed by atoms with Crippen molar-refractivity contribution in [2.24, 2.45) is 5.92 Å². The monoisotopic (exact) mass is 400 g/mol. The molecule has 9 nitrogen and oxygen atoms in total. The van der Waals surface area contributed by atoms with Crippen LogP contribution in [0, 0.1) is 17.2 Å². The van der Waals surface area contributed by atoms with Crippen LogP contribution in [0.25, 0.3) is 0 Å². The molecule has 0 aromatic heterocycles. The zero-order valence-electron chi connectivity index (χ0n) is 16.7. The van der Waals surface area contributed by atoms with Crippen LogP contribution >= 0.6 is 0 Å². The maximum Gasteiger partial charge on any atom is 0.326 e. The number of amides is 4. The van der Waals surface area contributed by atoms with E-state index in [9.17, 15) is 19.2 Å². The lowest BCUT2D eigenvalue weighted by molar-refractivity contribution is -0.150. The van der Waals surface area contributed by atoms with Gasteiger partial charge in [-0.05, 0) is 37.8 Å². The number of anilines is 1. The number of nitriles is 1. The molecule has 2 N–H and O–H groups in total. The van der Waals surface area contributed by atoms with Crippen molar-refractivity contribution < 1.29 is 23.9 Å². The molecule has 4 amide bonds. The van der Waals surface area contributed by atoms with Crippen molar-refractivity contribution >= 4 is 29.5 Å². The number of nitrogens with zero attached hydrogens (tertiary/aromatic N) is 2. The van der Waals surface area contributed by atoms with E-state index in [4.69, 9.17) is 10.00 Å². The first-order valence-corrected chi connectivity index (χ1v) is 9.25. The minimum absolute atomic E-state index is 0.271. The molecule has 9 heteroatoms. The summed E-state index contributed by atoms with van der Waals surface area (Å²) < 4.78 is 4.87. The van der Waals surface area contributed by atoms with Gasteiger partial charge in [-0.1, -0.05) is 26.0 Å². The van der Waals surface area contributed by atoms with Crippen LogP contribution in [0.1, 0.15) is 39.2 Å². The molecule has 2 rings (SSSR count). The number of hydrogen-bond acceptors (Lipinski definition) is 6. The van der Waals surface area contributed by atoms with Crippen LogP contribution < -0.4 is 10.6 Å². The lowest BCUT2D eigenvalue weighted by Crippen LogP contribution is -2.44. The Labute approximate surface area is 169 Å². The van der Waals surface area contributed by atoms with Crippen LogP contribution in [0.4, 0.5) is 10.5 Å². The van der Waals surface area contributed by atoms with Gasteiger partial charge in [0.05, 0.1) is 11.3 Å².